The summed E-state index contributed by atoms with van der Waals surface area (Å²) in [5.41, 5.74) is 4.55. The summed E-state index contributed by atoms with van der Waals surface area (Å²) in [4.78, 5) is 45.9. The van der Waals surface area contributed by atoms with Gasteiger partial charge in [-0.1, -0.05) is 60.1 Å². The average molecular weight is 478 g/mol. The summed E-state index contributed by atoms with van der Waals surface area (Å²) in [6, 6.07) is 21.0. The lowest BCUT2D eigenvalue weighted by Crippen LogP contribution is -2.35. The number of halogens is 1. The van der Waals surface area contributed by atoms with E-state index >= 15 is 0 Å². The largest absolute Gasteiger partial charge is 0.269 e. The highest BCUT2D eigenvalue weighted by Gasteiger charge is 2.42. The predicted octanol–water partition coefficient (Wildman–Crippen LogP) is 5.13. The van der Waals surface area contributed by atoms with Gasteiger partial charge in [-0.25, -0.2) is 9.97 Å². The highest BCUT2D eigenvalue weighted by atomic mass is 35.5. The first-order valence-corrected chi connectivity index (χ1v) is 11.2. The highest BCUT2D eigenvalue weighted by molar-refractivity contribution is 6.30. The van der Waals surface area contributed by atoms with Crippen LogP contribution in [0.15, 0.2) is 91.4 Å². The zero-order valence-electron chi connectivity index (χ0n) is 18.2. The molecule has 8 heteroatoms. The van der Waals surface area contributed by atoms with Gasteiger partial charge in [0, 0.05) is 18.0 Å². The summed E-state index contributed by atoms with van der Waals surface area (Å²) in [6.07, 6.45) is 4.67. The number of imide groups is 1. The maximum Gasteiger partial charge on any atom is 0.262 e. The molecule has 1 aliphatic heterocycles. The minimum atomic E-state index is -0.893. The third-order valence-corrected chi connectivity index (χ3v) is 6.27. The van der Waals surface area contributed by atoms with Gasteiger partial charge in [-0.05, 0) is 29.8 Å². The van der Waals surface area contributed by atoms with Gasteiger partial charge in [-0.3, -0.25) is 24.5 Å². The van der Waals surface area contributed by atoms with Crippen LogP contribution < -0.4 is 0 Å². The first-order chi connectivity index (χ1) is 17.1. The number of amides is 2. The van der Waals surface area contributed by atoms with E-state index in [1.54, 1.807) is 36.5 Å². The monoisotopic (exact) mass is 477 g/mol. The molecular weight excluding hydrogens is 462 g/mol. The van der Waals surface area contributed by atoms with E-state index < -0.39 is 17.9 Å². The van der Waals surface area contributed by atoms with Gasteiger partial charge in [-0.15, -0.1) is 0 Å². The summed E-state index contributed by atoms with van der Waals surface area (Å²) in [5.74, 6) is -0.830. The molecule has 1 aliphatic rings. The number of hydrogen-bond acceptors (Lipinski definition) is 6. The van der Waals surface area contributed by atoms with Crippen molar-refractivity contribution in [2.45, 2.75) is 6.04 Å². The summed E-state index contributed by atoms with van der Waals surface area (Å²) >= 11 is 6.43. The van der Waals surface area contributed by atoms with Crippen molar-refractivity contribution in [2.24, 2.45) is 0 Å². The topological polar surface area (TPSA) is 88.9 Å². The van der Waals surface area contributed by atoms with Gasteiger partial charge < -0.3 is 0 Å². The number of carbonyl (C=O) groups is 2. The molecule has 0 spiro atoms. The lowest BCUT2D eigenvalue weighted by atomic mass is 10.0. The molecule has 7 nitrogen and oxygen atoms in total. The Balaban J connectivity index is 1.53. The normalized spacial score (nSPS) is 13.8. The second-order valence-corrected chi connectivity index (χ2v) is 8.39. The molecule has 5 aromatic rings. The molecule has 1 unspecified atom stereocenters. The van der Waals surface area contributed by atoms with Gasteiger partial charge in [0.1, 0.15) is 11.7 Å². The van der Waals surface area contributed by atoms with Crippen LogP contribution in [-0.2, 0) is 0 Å². The van der Waals surface area contributed by atoms with Crippen LogP contribution in [0, 0.1) is 0 Å². The van der Waals surface area contributed by atoms with Crippen molar-refractivity contribution in [3.8, 4) is 11.3 Å². The quantitative estimate of drug-likeness (QED) is 0.333. The van der Waals surface area contributed by atoms with E-state index in [9.17, 15) is 9.59 Å². The van der Waals surface area contributed by atoms with Crippen LogP contribution in [0.1, 0.15) is 38.0 Å². The van der Waals surface area contributed by atoms with Crippen molar-refractivity contribution in [1.29, 1.82) is 0 Å². The smallest absolute Gasteiger partial charge is 0.262 e. The highest BCUT2D eigenvalue weighted by Crippen LogP contribution is 2.37. The maximum absolute atomic E-state index is 13.4. The van der Waals surface area contributed by atoms with E-state index in [1.807, 2.05) is 42.5 Å². The molecule has 6 rings (SSSR count). The number of nitrogens with zero attached hydrogens (tertiary/aromatic N) is 5. The Morgan fingerprint density at radius 3 is 2.14 bits per heavy atom. The van der Waals surface area contributed by atoms with Crippen molar-refractivity contribution in [3.05, 3.63) is 119 Å². The molecule has 3 aromatic carbocycles. The van der Waals surface area contributed by atoms with E-state index in [2.05, 4.69) is 15.0 Å². The molecule has 1 atom stereocenters. The maximum atomic E-state index is 13.4. The van der Waals surface area contributed by atoms with Crippen molar-refractivity contribution < 1.29 is 9.59 Å². The molecule has 0 saturated carbocycles. The standard InChI is InChI=1S/C27H16ClN5O2/c28-25-23(29-12-13-30-25)24(33-26(34)18-8-4-5-9-19(18)27(33)35)17-10-11-20-21(14-17)32-22(15-31-20)16-6-2-1-3-7-16/h1-15,24H. The zero-order valence-corrected chi connectivity index (χ0v) is 18.9. The third kappa shape index (κ3) is 3.53. The third-order valence-electron chi connectivity index (χ3n) is 5.97. The Hall–Kier alpha value is -4.49. The van der Waals surface area contributed by atoms with Gasteiger partial charge in [0.25, 0.3) is 11.8 Å². The number of benzene rings is 3. The number of fused-ring (bicyclic) bond motifs is 2. The minimum absolute atomic E-state index is 0.110. The van der Waals surface area contributed by atoms with Crippen molar-refractivity contribution in [2.75, 3.05) is 0 Å². The van der Waals surface area contributed by atoms with Crippen molar-refractivity contribution in [1.82, 2.24) is 24.8 Å². The van der Waals surface area contributed by atoms with Crippen molar-refractivity contribution in [3.63, 3.8) is 0 Å². The fourth-order valence-corrected chi connectivity index (χ4v) is 4.54. The Morgan fingerprint density at radius 1 is 0.743 bits per heavy atom. The zero-order chi connectivity index (χ0) is 23.9. The molecule has 0 fully saturated rings. The molecule has 0 radical (unpaired) electrons. The molecule has 0 N–H and O–H groups in total. The molecule has 2 amide bonds. The predicted molar refractivity (Wildman–Crippen MR) is 131 cm³/mol. The molecule has 2 aromatic heterocycles. The van der Waals surface area contributed by atoms with Crippen LogP contribution in [0.3, 0.4) is 0 Å². The first kappa shape index (κ1) is 21.1. The number of aromatic nitrogens is 4. The van der Waals surface area contributed by atoms with Gasteiger partial charge in [0.2, 0.25) is 0 Å². The summed E-state index contributed by atoms with van der Waals surface area (Å²) in [7, 11) is 0. The van der Waals surface area contributed by atoms with Gasteiger partial charge >= 0.3 is 0 Å². The average Bonchev–Trinajstić information content (AvgIpc) is 3.15. The molecule has 35 heavy (non-hydrogen) atoms. The van der Waals surface area contributed by atoms with Crippen LogP contribution in [0.4, 0.5) is 0 Å². The molecular formula is C27H16ClN5O2. The Bertz CT molecular complexity index is 1590. The molecule has 168 valence electrons. The van der Waals surface area contributed by atoms with Crippen LogP contribution in [0.5, 0.6) is 0 Å². The van der Waals surface area contributed by atoms with Gasteiger partial charge in [0.05, 0.1) is 34.1 Å². The molecule has 0 saturated heterocycles. The van der Waals surface area contributed by atoms with E-state index in [-0.39, 0.29) is 5.15 Å². The second kappa shape index (κ2) is 8.38. The first-order valence-electron chi connectivity index (χ1n) is 10.9. The van der Waals surface area contributed by atoms with E-state index in [4.69, 9.17) is 16.6 Å². The SMILES string of the molecule is O=C1c2ccccc2C(=O)N1C(c1ccc2ncc(-c3ccccc3)nc2c1)c1nccnc1Cl. The summed E-state index contributed by atoms with van der Waals surface area (Å²) < 4.78 is 0. The molecule has 0 aliphatic carbocycles. The second-order valence-electron chi connectivity index (χ2n) is 8.03. The molecule has 0 bridgehead atoms. The van der Waals surface area contributed by atoms with Gasteiger partial charge in [0.15, 0.2) is 5.15 Å². The Morgan fingerprint density at radius 2 is 1.43 bits per heavy atom. The fourth-order valence-electron chi connectivity index (χ4n) is 4.33. The summed E-state index contributed by atoms with van der Waals surface area (Å²) in [6.45, 7) is 0. The number of hydrogen-bond donors (Lipinski definition) is 0. The molecule has 3 heterocycles. The van der Waals surface area contributed by atoms with Gasteiger partial charge in [-0.2, -0.15) is 0 Å². The van der Waals surface area contributed by atoms with Crippen molar-refractivity contribution >= 4 is 34.4 Å². The Kier molecular flexibility index (Phi) is 5.04. The minimum Gasteiger partial charge on any atom is -0.269 e. The van der Waals surface area contributed by atoms with Crippen LogP contribution in [0.2, 0.25) is 5.15 Å². The lowest BCUT2D eigenvalue weighted by Gasteiger charge is -2.26. The Labute approximate surface area is 205 Å². The van der Waals surface area contributed by atoms with Crippen LogP contribution in [-0.4, -0.2) is 36.7 Å². The lowest BCUT2D eigenvalue weighted by molar-refractivity contribution is 0.0606. The van der Waals surface area contributed by atoms with Crippen LogP contribution >= 0.6 is 11.6 Å². The van der Waals surface area contributed by atoms with Crippen LogP contribution in [0.25, 0.3) is 22.3 Å². The van der Waals surface area contributed by atoms with E-state index in [1.165, 1.54) is 17.3 Å². The summed E-state index contributed by atoms with van der Waals surface area (Å²) in [5, 5.41) is 0.110. The fraction of sp³-hybridized carbons (Fsp3) is 0.0370. The number of carbonyl (C=O) groups excluding carboxylic acids is 2. The number of rotatable bonds is 4. The van der Waals surface area contributed by atoms with E-state index in [0.717, 1.165) is 5.56 Å². The van der Waals surface area contributed by atoms with E-state index in [0.29, 0.717) is 39.1 Å².